The lowest BCUT2D eigenvalue weighted by atomic mass is 10.0. The van der Waals surface area contributed by atoms with Crippen LogP contribution in [0.3, 0.4) is 0 Å². The summed E-state index contributed by atoms with van der Waals surface area (Å²) in [5.74, 6) is -0.980. The van der Waals surface area contributed by atoms with Crippen molar-refractivity contribution in [3.8, 4) is 17.2 Å². The molecule has 0 radical (unpaired) electrons. The molecule has 0 saturated heterocycles. The van der Waals surface area contributed by atoms with Crippen molar-refractivity contribution in [2.45, 2.75) is 0 Å². The molecular formula is C14H8ClNO2. The molecule has 0 aromatic heterocycles. The molecule has 18 heavy (non-hydrogen) atoms. The van der Waals surface area contributed by atoms with Gasteiger partial charge in [0, 0.05) is 0 Å². The predicted molar refractivity (Wildman–Crippen MR) is 68.6 cm³/mol. The van der Waals surface area contributed by atoms with Crippen LogP contribution in [0.1, 0.15) is 15.9 Å². The van der Waals surface area contributed by atoms with Crippen LogP contribution in [0, 0.1) is 11.3 Å². The first kappa shape index (κ1) is 12.2. The zero-order valence-electron chi connectivity index (χ0n) is 9.22. The fourth-order valence-corrected chi connectivity index (χ4v) is 1.78. The molecule has 0 atom stereocenters. The van der Waals surface area contributed by atoms with Gasteiger partial charge in [0.1, 0.15) is 6.07 Å². The zero-order valence-corrected chi connectivity index (χ0v) is 9.98. The largest absolute Gasteiger partial charge is 0.478 e. The summed E-state index contributed by atoms with van der Waals surface area (Å²) in [6, 6.07) is 13.6. The van der Waals surface area contributed by atoms with Gasteiger partial charge in [-0.15, -0.1) is 0 Å². The summed E-state index contributed by atoms with van der Waals surface area (Å²) < 4.78 is 0. The minimum absolute atomic E-state index is 0.209. The molecule has 2 aromatic carbocycles. The third kappa shape index (κ3) is 2.34. The van der Waals surface area contributed by atoms with Crippen molar-refractivity contribution in [2.75, 3.05) is 0 Å². The first-order valence-electron chi connectivity index (χ1n) is 5.15. The van der Waals surface area contributed by atoms with Gasteiger partial charge >= 0.3 is 5.97 Å². The Hall–Kier alpha value is -2.31. The normalized spacial score (nSPS) is 9.78. The van der Waals surface area contributed by atoms with Crippen molar-refractivity contribution < 1.29 is 9.90 Å². The second-order valence-corrected chi connectivity index (χ2v) is 4.10. The number of halogens is 1. The molecule has 0 amide bonds. The van der Waals surface area contributed by atoms with E-state index in [4.69, 9.17) is 22.0 Å². The maximum Gasteiger partial charge on any atom is 0.335 e. The molecule has 1 N–H and O–H groups in total. The second kappa shape index (κ2) is 4.91. The number of carboxylic acids is 1. The number of nitriles is 1. The molecule has 4 heteroatoms. The van der Waals surface area contributed by atoms with Crippen LogP contribution in [-0.2, 0) is 0 Å². The number of carbonyl (C=O) groups is 1. The van der Waals surface area contributed by atoms with Crippen LogP contribution in [-0.4, -0.2) is 11.1 Å². The lowest BCUT2D eigenvalue weighted by molar-refractivity contribution is 0.0697. The number of rotatable bonds is 2. The van der Waals surface area contributed by atoms with Crippen molar-refractivity contribution >= 4 is 17.6 Å². The van der Waals surface area contributed by atoms with Crippen LogP contribution >= 0.6 is 11.6 Å². The van der Waals surface area contributed by atoms with E-state index in [1.165, 1.54) is 6.07 Å². The predicted octanol–water partition coefficient (Wildman–Crippen LogP) is 3.58. The van der Waals surface area contributed by atoms with E-state index < -0.39 is 5.97 Å². The summed E-state index contributed by atoms with van der Waals surface area (Å²) in [6.45, 7) is 0. The van der Waals surface area contributed by atoms with Gasteiger partial charge < -0.3 is 5.11 Å². The number of benzene rings is 2. The second-order valence-electron chi connectivity index (χ2n) is 3.69. The summed E-state index contributed by atoms with van der Waals surface area (Å²) in [4.78, 5) is 10.9. The Morgan fingerprint density at radius 1 is 1.17 bits per heavy atom. The quantitative estimate of drug-likeness (QED) is 0.894. The SMILES string of the molecule is N#Cc1cc(-c2cccc(C(=O)O)c2)ccc1Cl. The van der Waals surface area contributed by atoms with Crippen LogP contribution < -0.4 is 0 Å². The number of nitrogens with zero attached hydrogens (tertiary/aromatic N) is 1. The van der Waals surface area contributed by atoms with Crippen LogP contribution in [0.2, 0.25) is 5.02 Å². The Labute approximate surface area is 109 Å². The van der Waals surface area contributed by atoms with E-state index >= 15 is 0 Å². The molecular weight excluding hydrogens is 250 g/mol. The van der Waals surface area contributed by atoms with E-state index in [0.29, 0.717) is 10.6 Å². The topological polar surface area (TPSA) is 61.1 Å². The Balaban J connectivity index is 2.52. The average Bonchev–Trinajstić information content (AvgIpc) is 2.39. The molecule has 0 unspecified atom stereocenters. The van der Waals surface area contributed by atoms with E-state index in [2.05, 4.69) is 0 Å². The Morgan fingerprint density at radius 3 is 2.56 bits per heavy atom. The van der Waals surface area contributed by atoms with Crippen LogP contribution in [0.25, 0.3) is 11.1 Å². The van der Waals surface area contributed by atoms with E-state index in [-0.39, 0.29) is 5.56 Å². The van der Waals surface area contributed by atoms with Gasteiger partial charge in [-0.1, -0.05) is 29.8 Å². The highest BCUT2D eigenvalue weighted by atomic mass is 35.5. The molecule has 88 valence electrons. The standard InChI is InChI=1S/C14H8ClNO2/c15-13-5-4-10(7-12(13)8-16)9-2-1-3-11(6-9)14(17)18/h1-7H,(H,17,18). The van der Waals surface area contributed by atoms with Crippen molar-refractivity contribution in [3.63, 3.8) is 0 Å². The third-order valence-electron chi connectivity index (χ3n) is 2.53. The molecule has 0 spiro atoms. The molecule has 2 aromatic rings. The Bertz CT molecular complexity index is 659. The molecule has 2 rings (SSSR count). The molecule has 0 aliphatic heterocycles. The smallest absolute Gasteiger partial charge is 0.335 e. The van der Waals surface area contributed by atoms with Crippen LogP contribution in [0.15, 0.2) is 42.5 Å². The lowest BCUT2D eigenvalue weighted by Crippen LogP contribution is -1.95. The van der Waals surface area contributed by atoms with E-state index in [1.807, 2.05) is 6.07 Å². The molecule has 0 aliphatic rings. The van der Waals surface area contributed by atoms with Gasteiger partial charge in [0.15, 0.2) is 0 Å². The lowest BCUT2D eigenvalue weighted by Gasteiger charge is -2.04. The minimum atomic E-state index is -0.980. The highest BCUT2D eigenvalue weighted by Crippen LogP contribution is 2.25. The van der Waals surface area contributed by atoms with Gasteiger partial charge in [-0.05, 0) is 35.4 Å². The van der Waals surface area contributed by atoms with Crippen molar-refractivity contribution in [3.05, 3.63) is 58.6 Å². The molecule has 3 nitrogen and oxygen atoms in total. The summed E-state index contributed by atoms with van der Waals surface area (Å²) in [7, 11) is 0. The summed E-state index contributed by atoms with van der Waals surface area (Å²) >= 11 is 5.85. The monoisotopic (exact) mass is 257 g/mol. The Morgan fingerprint density at radius 2 is 1.89 bits per heavy atom. The zero-order chi connectivity index (χ0) is 13.1. The average molecular weight is 258 g/mol. The molecule has 0 bridgehead atoms. The minimum Gasteiger partial charge on any atom is -0.478 e. The van der Waals surface area contributed by atoms with Gasteiger partial charge in [-0.2, -0.15) is 5.26 Å². The number of carboxylic acid groups (broad SMARTS) is 1. The third-order valence-corrected chi connectivity index (χ3v) is 2.86. The maximum absolute atomic E-state index is 10.9. The number of aromatic carboxylic acids is 1. The van der Waals surface area contributed by atoms with E-state index in [0.717, 1.165) is 11.1 Å². The maximum atomic E-state index is 10.9. The number of hydrogen-bond donors (Lipinski definition) is 1. The first-order valence-corrected chi connectivity index (χ1v) is 5.53. The van der Waals surface area contributed by atoms with E-state index in [9.17, 15) is 4.79 Å². The van der Waals surface area contributed by atoms with Gasteiger partial charge in [-0.25, -0.2) is 4.79 Å². The molecule has 0 fully saturated rings. The van der Waals surface area contributed by atoms with Crippen molar-refractivity contribution in [2.24, 2.45) is 0 Å². The highest BCUT2D eigenvalue weighted by molar-refractivity contribution is 6.31. The van der Waals surface area contributed by atoms with Crippen LogP contribution in [0.5, 0.6) is 0 Å². The van der Waals surface area contributed by atoms with E-state index in [1.54, 1.807) is 36.4 Å². The van der Waals surface area contributed by atoms with Gasteiger partial charge in [0.05, 0.1) is 16.1 Å². The summed E-state index contributed by atoms with van der Waals surface area (Å²) in [5.41, 5.74) is 2.08. The fraction of sp³-hybridized carbons (Fsp3) is 0. The molecule has 0 aliphatic carbocycles. The van der Waals surface area contributed by atoms with Crippen molar-refractivity contribution in [1.29, 1.82) is 5.26 Å². The summed E-state index contributed by atoms with van der Waals surface area (Å²) in [5, 5.41) is 18.2. The van der Waals surface area contributed by atoms with Gasteiger partial charge in [-0.3, -0.25) is 0 Å². The first-order chi connectivity index (χ1) is 8.61. The fourth-order valence-electron chi connectivity index (χ4n) is 1.62. The molecule has 0 saturated carbocycles. The van der Waals surface area contributed by atoms with Crippen molar-refractivity contribution in [1.82, 2.24) is 0 Å². The molecule has 0 heterocycles. The Kier molecular flexibility index (Phi) is 3.31. The van der Waals surface area contributed by atoms with Gasteiger partial charge in [0.25, 0.3) is 0 Å². The number of hydrogen-bond acceptors (Lipinski definition) is 2. The van der Waals surface area contributed by atoms with Crippen LogP contribution in [0.4, 0.5) is 0 Å². The van der Waals surface area contributed by atoms with Gasteiger partial charge in [0.2, 0.25) is 0 Å². The summed E-state index contributed by atoms with van der Waals surface area (Å²) in [6.07, 6.45) is 0. The highest BCUT2D eigenvalue weighted by Gasteiger charge is 2.06.